The Morgan fingerprint density at radius 1 is 1.45 bits per heavy atom. The Morgan fingerprint density at radius 2 is 2.25 bits per heavy atom. The molecule has 110 valence electrons. The van der Waals surface area contributed by atoms with E-state index in [1.165, 1.54) is 0 Å². The van der Waals surface area contributed by atoms with Crippen molar-refractivity contribution in [1.82, 2.24) is 19.8 Å². The lowest BCUT2D eigenvalue weighted by Gasteiger charge is -2.20. The van der Waals surface area contributed by atoms with Gasteiger partial charge in [-0.2, -0.15) is 5.10 Å². The van der Waals surface area contributed by atoms with Crippen LogP contribution >= 0.6 is 0 Å². The molecule has 8 nitrogen and oxygen atoms in total. The Bertz CT molecular complexity index is 626. The summed E-state index contributed by atoms with van der Waals surface area (Å²) in [5, 5.41) is 14.4. The van der Waals surface area contributed by atoms with Crippen LogP contribution in [0.3, 0.4) is 0 Å². The number of carbonyl (C=O) groups is 1. The van der Waals surface area contributed by atoms with Crippen molar-refractivity contribution in [3.8, 4) is 0 Å². The van der Waals surface area contributed by atoms with E-state index in [-0.39, 0.29) is 22.7 Å². The summed E-state index contributed by atoms with van der Waals surface area (Å²) in [5.74, 6) is -1.31. The molecule has 3 N–H and O–H groups in total. The number of carboxylic acids is 1. The fourth-order valence-electron chi connectivity index (χ4n) is 3.11. The van der Waals surface area contributed by atoms with E-state index in [1.807, 2.05) is 0 Å². The van der Waals surface area contributed by atoms with Crippen LogP contribution < -0.4 is 4.72 Å². The minimum atomic E-state index is -3.89. The van der Waals surface area contributed by atoms with Crippen LogP contribution in [-0.2, 0) is 10.0 Å². The number of aromatic carboxylic acids is 1. The predicted octanol–water partition coefficient (Wildman–Crippen LogP) is -0.377. The van der Waals surface area contributed by atoms with Gasteiger partial charge in [0.25, 0.3) is 10.0 Å². The van der Waals surface area contributed by atoms with Gasteiger partial charge < -0.3 is 5.11 Å². The third-order valence-electron chi connectivity index (χ3n) is 4.02. The highest BCUT2D eigenvalue weighted by atomic mass is 32.2. The first-order valence-electron chi connectivity index (χ1n) is 6.52. The van der Waals surface area contributed by atoms with Crippen molar-refractivity contribution in [3.63, 3.8) is 0 Å². The maximum absolute atomic E-state index is 12.3. The van der Waals surface area contributed by atoms with Gasteiger partial charge in [0.05, 0.1) is 6.20 Å². The Balaban J connectivity index is 1.82. The maximum atomic E-state index is 12.3. The van der Waals surface area contributed by atoms with Crippen LogP contribution in [0.15, 0.2) is 11.2 Å². The van der Waals surface area contributed by atoms with Crippen molar-refractivity contribution in [1.29, 1.82) is 0 Å². The number of fused-ring (bicyclic) bond motifs is 1. The molecule has 2 atom stereocenters. The van der Waals surface area contributed by atoms with Crippen molar-refractivity contribution in [2.24, 2.45) is 0 Å². The monoisotopic (exact) mass is 300 g/mol. The molecule has 3 rings (SSSR count). The number of aromatic nitrogens is 2. The smallest absolute Gasteiger partial charge is 0.340 e. The van der Waals surface area contributed by atoms with Crippen molar-refractivity contribution < 1.29 is 18.3 Å². The van der Waals surface area contributed by atoms with Crippen molar-refractivity contribution in [3.05, 3.63) is 11.8 Å². The van der Waals surface area contributed by atoms with Crippen molar-refractivity contribution in [2.45, 2.75) is 36.4 Å². The zero-order valence-electron chi connectivity index (χ0n) is 10.7. The lowest BCUT2D eigenvalue weighted by atomic mass is 10.1. The number of nitrogens with one attached hydrogen (secondary N) is 2. The number of sulfonamides is 1. The van der Waals surface area contributed by atoms with E-state index < -0.39 is 16.0 Å². The molecule has 2 unspecified atom stereocenters. The summed E-state index contributed by atoms with van der Waals surface area (Å²) < 4.78 is 27.2. The van der Waals surface area contributed by atoms with Crippen molar-refractivity contribution in [2.75, 3.05) is 13.1 Å². The number of nitrogens with zero attached hydrogens (tertiary/aromatic N) is 2. The number of hydrogen-bond donors (Lipinski definition) is 3. The molecule has 2 aliphatic rings. The summed E-state index contributed by atoms with van der Waals surface area (Å²) in [6.45, 7) is 1.89. The van der Waals surface area contributed by atoms with Crippen LogP contribution in [0.1, 0.15) is 29.6 Å². The van der Waals surface area contributed by atoms with Gasteiger partial charge >= 0.3 is 5.97 Å². The van der Waals surface area contributed by atoms with E-state index >= 15 is 0 Å². The molecule has 9 heteroatoms. The van der Waals surface area contributed by atoms with E-state index in [2.05, 4.69) is 19.8 Å². The summed E-state index contributed by atoms with van der Waals surface area (Å²) in [5.41, 5.74) is -0.334. The van der Waals surface area contributed by atoms with Gasteiger partial charge in [0.1, 0.15) is 5.56 Å². The fraction of sp³-hybridized carbons (Fsp3) is 0.636. The van der Waals surface area contributed by atoms with Crippen LogP contribution in [0.4, 0.5) is 0 Å². The Morgan fingerprint density at radius 3 is 3.00 bits per heavy atom. The van der Waals surface area contributed by atoms with Crippen LogP contribution in [0.25, 0.3) is 0 Å². The minimum absolute atomic E-state index is 0.160. The van der Waals surface area contributed by atoms with E-state index in [4.69, 9.17) is 5.11 Å². The topological polar surface area (TPSA) is 115 Å². The van der Waals surface area contributed by atoms with Gasteiger partial charge in [-0.15, -0.1) is 0 Å². The summed E-state index contributed by atoms with van der Waals surface area (Å²) in [6, 6.07) is 0.0634. The second-order valence-electron chi connectivity index (χ2n) is 5.18. The highest BCUT2D eigenvalue weighted by Crippen LogP contribution is 2.29. The Kier molecular flexibility index (Phi) is 3.27. The molecule has 1 aromatic heterocycles. The van der Waals surface area contributed by atoms with Crippen LogP contribution in [-0.4, -0.2) is 59.8 Å². The number of carboxylic acid groups (broad SMARTS) is 1. The molecule has 0 aliphatic carbocycles. The summed E-state index contributed by atoms with van der Waals surface area (Å²) in [4.78, 5) is 13.3. The van der Waals surface area contributed by atoms with Crippen molar-refractivity contribution >= 4 is 16.0 Å². The quantitative estimate of drug-likeness (QED) is 0.698. The molecule has 2 aliphatic heterocycles. The molecule has 2 fully saturated rings. The van der Waals surface area contributed by atoms with E-state index in [9.17, 15) is 13.2 Å². The molecule has 3 heterocycles. The molecule has 0 bridgehead atoms. The molecule has 0 aromatic carbocycles. The number of H-pyrrole nitrogens is 1. The second-order valence-corrected chi connectivity index (χ2v) is 6.83. The molecule has 0 radical (unpaired) electrons. The third kappa shape index (κ3) is 2.21. The Hall–Kier alpha value is -1.45. The first-order valence-corrected chi connectivity index (χ1v) is 8.00. The summed E-state index contributed by atoms with van der Waals surface area (Å²) >= 11 is 0. The van der Waals surface area contributed by atoms with Crippen LogP contribution in [0.2, 0.25) is 0 Å². The zero-order chi connectivity index (χ0) is 14.3. The van der Waals surface area contributed by atoms with Gasteiger partial charge in [0, 0.05) is 18.6 Å². The van der Waals surface area contributed by atoms with Gasteiger partial charge in [-0.25, -0.2) is 17.9 Å². The predicted molar refractivity (Wildman–Crippen MR) is 68.9 cm³/mol. The average Bonchev–Trinajstić information content (AvgIpc) is 3.04. The first-order chi connectivity index (χ1) is 9.49. The van der Waals surface area contributed by atoms with Gasteiger partial charge in [0.2, 0.25) is 0 Å². The number of rotatable bonds is 4. The molecule has 0 amide bonds. The lowest BCUT2D eigenvalue weighted by molar-refractivity contribution is 0.0692. The number of aromatic amines is 1. The molecule has 0 spiro atoms. The largest absolute Gasteiger partial charge is 0.478 e. The zero-order valence-corrected chi connectivity index (χ0v) is 11.6. The maximum Gasteiger partial charge on any atom is 0.340 e. The normalized spacial score (nSPS) is 26.8. The molecule has 2 saturated heterocycles. The molecule has 20 heavy (non-hydrogen) atoms. The third-order valence-corrected chi connectivity index (χ3v) is 5.48. The highest BCUT2D eigenvalue weighted by Gasteiger charge is 2.40. The lowest BCUT2D eigenvalue weighted by Crippen LogP contribution is -2.42. The summed E-state index contributed by atoms with van der Waals surface area (Å²) in [6.07, 6.45) is 3.81. The number of hydrogen-bond acceptors (Lipinski definition) is 5. The van der Waals surface area contributed by atoms with E-state index in [1.54, 1.807) is 0 Å². The second kappa shape index (κ2) is 4.83. The van der Waals surface area contributed by atoms with Crippen LogP contribution in [0, 0.1) is 0 Å². The van der Waals surface area contributed by atoms with Gasteiger partial charge in [-0.3, -0.25) is 10.00 Å². The molecule has 0 saturated carbocycles. The van der Waals surface area contributed by atoms with Gasteiger partial charge in [-0.05, 0) is 25.8 Å². The molecular weight excluding hydrogens is 284 g/mol. The molecule has 1 aromatic rings. The minimum Gasteiger partial charge on any atom is -0.478 e. The Labute approximate surface area is 116 Å². The summed E-state index contributed by atoms with van der Waals surface area (Å²) in [7, 11) is -3.89. The average molecular weight is 300 g/mol. The fourth-order valence-corrected chi connectivity index (χ4v) is 4.50. The standard InChI is InChI=1S/C11H16N4O4S/c16-11(17)7-6-12-13-10(7)20(18,19)14-8-3-5-15-4-1-2-9(8)15/h6,8-9,14H,1-5H2,(H,12,13)(H,16,17). The van der Waals surface area contributed by atoms with E-state index in [0.29, 0.717) is 0 Å². The first kappa shape index (κ1) is 13.5. The van der Waals surface area contributed by atoms with Crippen LogP contribution in [0.5, 0.6) is 0 Å². The van der Waals surface area contributed by atoms with Gasteiger partial charge in [0.15, 0.2) is 5.03 Å². The van der Waals surface area contributed by atoms with Gasteiger partial charge in [-0.1, -0.05) is 0 Å². The SMILES string of the molecule is O=C(O)c1cn[nH]c1S(=O)(=O)NC1CCN2CCCC12. The molecular formula is C11H16N4O4S. The highest BCUT2D eigenvalue weighted by molar-refractivity contribution is 7.89. The van der Waals surface area contributed by atoms with E-state index in [0.717, 1.165) is 38.5 Å².